The molecule has 0 N–H and O–H groups in total. The van der Waals surface area contributed by atoms with Crippen molar-refractivity contribution in [3.05, 3.63) is 60.7 Å². The maximum absolute atomic E-state index is 4.30. The van der Waals surface area contributed by atoms with E-state index < -0.39 is 0 Å². The van der Waals surface area contributed by atoms with Gasteiger partial charge in [0.1, 0.15) is 0 Å². The average molecular weight is 385 g/mol. The molecule has 0 amide bonds. The summed E-state index contributed by atoms with van der Waals surface area (Å²) >= 11 is 1.49. The van der Waals surface area contributed by atoms with Crippen LogP contribution in [0.15, 0.2) is 69.6 Å². The summed E-state index contributed by atoms with van der Waals surface area (Å²) in [5, 5.41) is 17.0. The van der Waals surface area contributed by atoms with Crippen molar-refractivity contribution in [1.82, 2.24) is 29.4 Å². The van der Waals surface area contributed by atoms with Crippen molar-refractivity contribution in [3.63, 3.8) is 0 Å². The van der Waals surface area contributed by atoms with Crippen LogP contribution in [-0.2, 0) is 0 Å². The van der Waals surface area contributed by atoms with Crippen LogP contribution in [0.1, 0.15) is 0 Å². The number of rotatable bonds is 4. The summed E-state index contributed by atoms with van der Waals surface area (Å²) in [6.45, 7) is 0. The molecule has 0 radical (unpaired) electrons. The Bertz CT molecular complexity index is 830. The fraction of sp³-hybridized carbons (Fsp3) is 0. The van der Waals surface area contributed by atoms with E-state index in [0.29, 0.717) is 5.16 Å². The minimum absolute atomic E-state index is 0.0384. The zero-order valence-electron chi connectivity index (χ0n) is 11.8. The Morgan fingerprint density at radius 1 is 0.870 bits per heavy atom. The van der Waals surface area contributed by atoms with Crippen LogP contribution in [-0.4, -0.2) is 44.1 Å². The van der Waals surface area contributed by atoms with E-state index in [0.717, 1.165) is 20.7 Å². The van der Waals surface area contributed by atoms with E-state index in [4.69, 9.17) is 0 Å². The Hall–Kier alpha value is -2.28. The van der Waals surface area contributed by atoms with Crippen LogP contribution in [0, 0.1) is 0 Å². The summed E-state index contributed by atoms with van der Waals surface area (Å²) in [4.78, 5) is 0. The molecule has 0 saturated carbocycles. The molecule has 112 valence electrons. The van der Waals surface area contributed by atoms with Crippen LogP contribution in [0.3, 0.4) is 0 Å². The second kappa shape index (κ2) is 6.45. The number of para-hydroxylation sites is 1. The molecule has 4 rings (SSSR count). The third-order valence-electron chi connectivity index (χ3n) is 3.13. The Labute approximate surface area is 142 Å². The van der Waals surface area contributed by atoms with Gasteiger partial charge >= 0.3 is 142 Å². The summed E-state index contributed by atoms with van der Waals surface area (Å²) in [7, 11) is 0. The molecule has 0 aliphatic rings. The molecule has 0 atom stereocenters. The molecule has 0 aliphatic heterocycles. The fourth-order valence-electron chi connectivity index (χ4n) is 2.08. The molecule has 0 spiro atoms. The Balaban J connectivity index is 1.69. The van der Waals surface area contributed by atoms with Gasteiger partial charge in [-0.25, -0.2) is 0 Å². The first-order valence-corrected chi connectivity index (χ1v) is 9.25. The van der Waals surface area contributed by atoms with Gasteiger partial charge in [0, 0.05) is 0 Å². The second-order valence-electron chi connectivity index (χ2n) is 4.59. The van der Waals surface area contributed by atoms with Crippen molar-refractivity contribution in [2.75, 3.05) is 0 Å². The van der Waals surface area contributed by atoms with Crippen LogP contribution in [0.5, 0.6) is 0 Å². The van der Waals surface area contributed by atoms with Crippen LogP contribution < -0.4 is 0 Å². The van der Waals surface area contributed by atoms with Crippen molar-refractivity contribution >= 4 is 26.5 Å². The summed E-state index contributed by atoms with van der Waals surface area (Å²) in [6, 6.07) is 19.9. The van der Waals surface area contributed by atoms with E-state index in [1.54, 1.807) is 4.68 Å². The van der Waals surface area contributed by atoms with E-state index in [2.05, 4.69) is 24.7 Å². The molecule has 0 unspecified atom stereocenters. The van der Waals surface area contributed by atoms with Crippen molar-refractivity contribution in [2.45, 2.75) is 8.93 Å². The normalized spacial score (nSPS) is 10.8. The fourth-order valence-corrected chi connectivity index (χ4v) is 4.65. The van der Waals surface area contributed by atoms with Crippen molar-refractivity contribution in [1.29, 1.82) is 0 Å². The van der Waals surface area contributed by atoms with E-state index in [9.17, 15) is 0 Å². The molecule has 23 heavy (non-hydrogen) atoms. The zero-order chi connectivity index (χ0) is 15.5. The van der Waals surface area contributed by atoms with Crippen LogP contribution in [0.25, 0.3) is 16.9 Å². The molecule has 2 heterocycles. The first-order chi connectivity index (χ1) is 11.4. The monoisotopic (exact) mass is 386 g/mol. The third-order valence-corrected chi connectivity index (χ3v) is 5.95. The maximum atomic E-state index is 4.30. The van der Waals surface area contributed by atoms with Gasteiger partial charge < -0.3 is 0 Å². The van der Waals surface area contributed by atoms with Gasteiger partial charge in [0.2, 0.25) is 0 Å². The van der Waals surface area contributed by atoms with Gasteiger partial charge in [-0.05, 0) is 0 Å². The Morgan fingerprint density at radius 2 is 1.61 bits per heavy atom. The number of tetrazole rings is 1. The van der Waals surface area contributed by atoms with E-state index in [-0.39, 0.29) is 14.7 Å². The number of hydrogen-bond acceptors (Lipinski definition) is 6. The molecule has 0 saturated heterocycles. The molecule has 2 aromatic heterocycles. The van der Waals surface area contributed by atoms with Gasteiger partial charge in [-0.1, -0.05) is 0 Å². The molecule has 0 bridgehead atoms. The van der Waals surface area contributed by atoms with Gasteiger partial charge in [-0.3, -0.25) is 0 Å². The quantitative estimate of drug-likeness (QED) is 0.503. The second-order valence-corrected chi connectivity index (χ2v) is 7.73. The van der Waals surface area contributed by atoms with E-state index >= 15 is 0 Å². The van der Waals surface area contributed by atoms with Gasteiger partial charge in [0.05, 0.1) is 0 Å². The third kappa shape index (κ3) is 2.96. The van der Waals surface area contributed by atoms with Crippen molar-refractivity contribution in [3.8, 4) is 16.9 Å². The molecule has 6 nitrogen and oxygen atoms in total. The topological polar surface area (TPSA) is 69.4 Å². The zero-order valence-corrected chi connectivity index (χ0v) is 14.3. The first-order valence-electron chi connectivity index (χ1n) is 6.81. The van der Waals surface area contributed by atoms with E-state index in [1.165, 1.54) is 11.8 Å². The minimum atomic E-state index is -0.0384. The van der Waals surface area contributed by atoms with Gasteiger partial charge in [-0.2, -0.15) is 0 Å². The Morgan fingerprint density at radius 3 is 2.39 bits per heavy atom. The molecular formula is C15H10N6SSe. The number of hydrogen-bond donors (Lipinski definition) is 0. The molecule has 0 aliphatic carbocycles. The first kappa shape index (κ1) is 14.3. The summed E-state index contributed by atoms with van der Waals surface area (Å²) in [5.41, 5.74) is 2.91. The van der Waals surface area contributed by atoms with Gasteiger partial charge in [0.15, 0.2) is 0 Å². The van der Waals surface area contributed by atoms with Crippen LogP contribution >= 0.6 is 11.8 Å². The molecule has 0 fully saturated rings. The Kier molecular flexibility index (Phi) is 4.02. The predicted octanol–water partition coefficient (Wildman–Crippen LogP) is 2.33. The number of nitrogens with zero attached hydrogens (tertiary/aromatic N) is 6. The number of benzene rings is 2. The molecule has 4 aromatic rings. The van der Waals surface area contributed by atoms with Crippen molar-refractivity contribution in [2.24, 2.45) is 0 Å². The number of aromatic nitrogens is 6. The van der Waals surface area contributed by atoms with Gasteiger partial charge in [-0.15, -0.1) is 0 Å². The van der Waals surface area contributed by atoms with Crippen LogP contribution in [0.2, 0.25) is 0 Å². The SMILES string of the molecule is c1ccc(-c2nn[se]c2Sc2nnnn2-c2ccccc2)cc1. The van der Waals surface area contributed by atoms with Crippen LogP contribution in [0.4, 0.5) is 0 Å². The van der Waals surface area contributed by atoms with Gasteiger partial charge in [0.25, 0.3) is 0 Å². The summed E-state index contributed by atoms with van der Waals surface area (Å²) in [6.07, 6.45) is 0. The van der Waals surface area contributed by atoms with E-state index in [1.807, 2.05) is 60.7 Å². The predicted molar refractivity (Wildman–Crippen MR) is 87.7 cm³/mol. The molecular weight excluding hydrogens is 375 g/mol. The average Bonchev–Trinajstić information content (AvgIpc) is 3.26. The molecule has 2 aromatic carbocycles. The molecule has 8 heteroatoms. The summed E-state index contributed by atoms with van der Waals surface area (Å²) in [5.74, 6) is 0. The standard InChI is InChI=1S/C15H10N6SSe/c1-3-7-11(8-4-1)13-14(23-20-16-13)22-15-17-18-19-21(15)12-9-5-2-6-10-12/h1-10H. The van der Waals surface area contributed by atoms with Crippen molar-refractivity contribution < 1.29 is 0 Å². The summed E-state index contributed by atoms with van der Waals surface area (Å²) < 4.78 is 7.06.